The second kappa shape index (κ2) is 11.9. The zero-order valence-electron chi connectivity index (χ0n) is 16.8. The summed E-state index contributed by atoms with van der Waals surface area (Å²) >= 11 is 0. The van der Waals surface area contributed by atoms with Crippen LogP contribution in [0.15, 0.2) is 78.9 Å². The van der Waals surface area contributed by atoms with Crippen LogP contribution in [0.1, 0.15) is 10.4 Å². The van der Waals surface area contributed by atoms with Crippen LogP contribution in [0.2, 0.25) is 0 Å². The van der Waals surface area contributed by atoms with Crippen LogP contribution >= 0.6 is 0 Å². The van der Waals surface area contributed by atoms with Crippen LogP contribution in [0.5, 0.6) is 0 Å². The van der Waals surface area contributed by atoms with Gasteiger partial charge in [0.05, 0.1) is 38.6 Å². The van der Waals surface area contributed by atoms with Crippen molar-refractivity contribution in [3.8, 4) is 22.3 Å². The molecule has 1 N–H and O–H groups in total. The van der Waals surface area contributed by atoms with E-state index >= 15 is 0 Å². The van der Waals surface area contributed by atoms with Crippen molar-refractivity contribution in [2.24, 2.45) is 0 Å². The van der Waals surface area contributed by atoms with Crippen molar-refractivity contribution in [3.63, 3.8) is 0 Å². The molecule has 0 aliphatic carbocycles. The fourth-order valence-electron chi connectivity index (χ4n) is 3.05. The molecule has 0 unspecified atom stereocenters. The van der Waals surface area contributed by atoms with Crippen LogP contribution in [0.3, 0.4) is 0 Å². The molecule has 3 rings (SSSR count). The van der Waals surface area contributed by atoms with Gasteiger partial charge in [-0.1, -0.05) is 66.7 Å². The lowest BCUT2D eigenvalue weighted by Gasteiger charge is -2.11. The summed E-state index contributed by atoms with van der Waals surface area (Å²) in [6.45, 7) is 1.57. The van der Waals surface area contributed by atoms with Gasteiger partial charge in [-0.3, -0.25) is 0 Å². The highest BCUT2D eigenvalue weighted by Crippen LogP contribution is 2.31. The number of hydrogen-bond acceptors (Lipinski definition) is 5. The molecule has 0 aromatic heterocycles. The summed E-state index contributed by atoms with van der Waals surface area (Å²) in [4.78, 5) is 12.2. The molecule has 0 saturated carbocycles. The number of hydrogen-bond donors (Lipinski definition) is 1. The Kier molecular flexibility index (Phi) is 8.60. The number of aliphatic hydroxyl groups is 1. The van der Waals surface area contributed by atoms with E-state index in [1.807, 2.05) is 42.5 Å². The van der Waals surface area contributed by atoms with Crippen molar-refractivity contribution in [1.82, 2.24) is 0 Å². The first-order chi connectivity index (χ1) is 14.8. The summed E-state index contributed by atoms with van der Waals surface area (Å²) in [7, 11) is 0. The van der Waals surface area contributed by atoms with Gasteiger partial charge in [0.15, 0.2) is 0 Å². The molecule has 0 bridgehead atoms. The lowest BCUT2D eigenvalue weighted by molar-refractivity contribution is 0.00920. The van der Waals surface area contributed by atoms with E-state index in [0.29, 0.717) is 32.0 Å². The number of rotatable bonds is 11. The van der Waals surface area contributed by atoms with E-state index in [0.717, 1.165) is 22.3 Å². The number of aliphatic hydroxyl groups excluding tert-OH is 1. The minimum atomic E-state index is -0.377. The Morgan fingerprint density at radius 2 is 1.17 bits per heavy atom. The Morgan fingerprint density at radius 3 is 1.80 bits per heavy atom. The number of ether oxygens (including phenoxy) is 3. The summed E-state index contributed by atoms with van der Waals surface area (Å²) in [5.41, 5.74) is 4.95. The van der Waals surface area contributed by atoms with E-state index in [1.165, 1.54) is 0 Å². The normalized spacial score (nSPS) is 10.7. The van der Waals surface area contributed by atoms with Crippen LogP contribution in [0.4, 0.5) is 0 Å². The molecule has 0 spiro atoms. The maximum absolute atomic E-state index is 12.2. The molecule has 0 heterocycles. The molecule has 5 nitrogen and oxygen atoms in total. The number of benzene rings is 3. The average molecular weight is 406 g/mol. The first kappa shape index (κ1) is 21.7. The zero-order valence-corrected chi connectivity index (χ0v) is 16.8. The van der Waals surface area contributed by atoms with E-state index in [1.54, 1.807) is 12.1 Å². The molecule has 0 fully saturated rings. The molecule has 0 atom stereocenters. The third-order valence-electron chi connectivity index (χ3n) is 4.51. The van der Waals surface area contributed by atoms with Crippen molar-refractivity contribution in [1.29, 1.82) is 0 Å². The molecule has 0 aliphatic heterocycles. The van der Waals surface area contributed by atoms with Gasteiger partial charge in [-0.05, 0) is 34.4 Å². The van der Waals surface area contributed by atoms with Crippen molar-refractivity contribution < 1.29 is 24.1 Å². The summed E-state index contributed by atoms with van der Waals surface area (Å²) in [5.74, 6) is -0.377. The molecule has 0 saturated heterocycles. The summed E-state index contributed by atoms with van der Waals surface area (Å²) < 4.78 is 15.6. The lowest BCUT2D eigenvalue weighted by Crippen LogP contribution is -2.13. The number of carbonyl (C=O) groups excluding carboxylic acids is 1. The SMILES string of the molecule is O=C(OCCOCCOCCO)c1ccc(-c2ccccc2-c2ccccc2)cc1. The van der Waals surface area contributed by atoms with Gasteiger partial charge in [0.25, 0.3) is 0 Å². The van der Waals surface area contributed by atoms with E-state index < -0.39 is 0 Å². The zero-order chi connectivity index (χ0) is 21.0. The largest absolute Gasteiger partial charge is 0.460 e. The van der Waals surface area contributed by atoms with Gasteiger partial charge in [-0.25, -0.2) is 4.79 Å². The Morgan fingerprint density at radius 1 is 0.633 bits per heavy atom. The maximum atomic E-state index is 12.2. The highest BCUT2D eigenvalue weighted by Gasteiger charge is 2.10. The maximum Gasteiger partial charge on any atom is 0.338 e. The standard InChI is InChI=1S/C25H26O5/c26-14-15-28-16-17-29-18-19-30-25(27)22-12-10-21(11-13-22)24-9-5-4-8-23(24)20-6-2-1-3-7-20/h1-13,26H,14-19H2. The van der Waals surface area contributed by atoms with Gasteiger partial charge in [0, 0.05) is 0 Å². The average Bonchev–Trinajstić information content (AvgIpc) is 2.81. The first-order valence-electron chi connectivity index (χ1n) is 9.98. The quantitative estimate of drug-likeness (QED) is 0.382. The Balaban J connectivity index is 1.55. The minimum absolute atomic E-state index is 0.00571. The molecule has 156 valence electrons. The highest BCUT2D eigenvalue weighted by atomic mass is 16.6. The van der Waals surface area contributed by atoms with E-state index in [2.05, 4.69) is 24.3 Å². The second-order valence-corrected chi connectivity index (χ2v) is 6.57. The smallest absolute Gasteiger partial charge is 0.338 e. The fourth-order valence-corrected chi connectivity index (χ4v) is 3.05. The Labute approximate surface area is 176 Å². The topological polar surface area (TPSA) is 65.0 Å². The fraction of sp³-hybridized carbons (Fsp3) is 0.240. The second-order valence-electron chi connectivity index (χ2n) is 6.57. The van der Waals surface area contributed by atoms with Gasteiger partial charge < -0.3 is 19.3 Å². The van der Waals surface area contributed by atoms with E-state index in [9.17, 15) is 4.79 Å². The van der Waals surface area contributed by atoms with Crippen molar-refractivity contribution >= 4 is 5.97 Å². The molecule has 0 amide bonds. The summed E-state index contributed by atoms with van der Waals surface area (Å²) in [6, 6.07) is 25.9. The predicted octanol–water partition coefficient (Wildman–Crippen LogP) is 4.20. The predicted molar refractivity (Wildman–Crippen MR) is 116 cm³/mol. The van der Waals surface area contributed by atoms with Crippen LogP contribution in [-0.4, -0.2) is 50.7 Å². The van der Waals surface area contributed by atoms with Crippen molar-refractivity contribution in [2.45, 2.75) is 0 Å². The number of carbonyl (C=O) groups is 1. The van der Waals surface area contributed by atoms with Gasteiger partial charge in [0.2, 0.25) is 0 Å². The Bertz CT molecular complexity index is 906. The summed E-state index contributed by atoms with van der Waals surface area (Å²) in [6.07, 6.45) is 0. The van der Waals surface area contributed by atoms with Crippen molar-refractivity contribution in [2.75, 3.05) is 39.6 Å². The van der Waals surface area contributed by atoms with Crippen LogP contribution < -0.4 is 0 Å². The minimum Gasteiger partial charge on any atom is -0.460 e. The van der Waals surface area contributed by atoms with Gasteiger partial charge in [-0.2, -0.15) is 0 Å². The molecule has 3 aromatic carbocycles. The number of esters is 1. The highest BCUT2D eigenvalue weighted by molar-refractivity contribution is 5.91. The first-order valence-corrected chi connectivity index (χ1v) is 9.98. The molecule has 5 heteroatoms. The molecular weight excluding hydrogens is 380 g/mol. The monoisotopic (exact) mass is 406 g/mol. The van der Waals surface area contributed by atoms with Crippen molar-refractivity contribution in [3.05, 3.63) is 84.4 Å². The molecule has 0 aliphatic rings. The van der Waals surface area contributed by atoms with Crippen LogP contribution in [0, 0.1) is 0 Å². The van der Waals surface area contributed by atoms with Crippen LogP contribution in [0.25, 0.3) is 22.3 Å². The van der Waals surface area contributed by atoms with Gasteiger partial charge >= 0.3 is 5.97 Å². The Hall–Kier alpha value is -2.99. The third-order valence-corrected chi connectivity index (χ3v) is 4.51. The van der Waals surface area contributed by atoms with Crippen LogP contribution in [-0.2, 0) is 14.2 Å². The molecular formula is C25H26O5. The molecule has 30 heavy (non-hydrogen) atoms. The van der Waals surface area contributed by atoms with Gasteiger partial charge in [-0.15, -0.1) is 0 Å². The molecule has 0 radical (unpaired) electrons. The van der Waals surface area contributed by atoms with E-state index in [-0.39, 0.29) is 19.2 Å². The lowest BCUT2D eigenvalue weighted by atomic mass is 9.94. The van der Waals surface area contributed by atoms with Gasteiger partial charge in [0.1, 0.15) is 6.61 Å². The molecule has 3 aromatic rings. The third kappa shape index (κ3) is 6.26. The summed E-state index contributed by atoms with van der Waals surface area (Å²) in [5, 5.41) is 8.60. The van der Waals surface area contributed by atoms with E-state index in [4.69, 9.17) is 19.3 Å².